The molecule has 2 aliphatic heterocycles. The van der Waals surface area contributed by atoms with Gasteiger partial charge in [0.2, 0.25) is 0 Å². The molecule has 2 N–H and O–H groups in total. The number of fused-ring (bicyclic) bond motifs is 8. The van der Waals surface area contributed by atoms with Crippen molar-refractivity contribution in [3.05, 3.63) is 106 Å². The van der Waals surface area contributed by atoms with Crippen molar-refractivity contribution in [3.8, 4) is 0 Å². The summed E-state index contributed by atoms with van der Waals surface area (Å²) < 4.78 is 0.514. The van der Waals surface area contributed by atoms with Crippen molar-refractivity contribution in [2.45, 2.75) is 0 Å². The van der Waals surface area contributed by atoms with Crippen molar-refractivity contribution in [2.24, 2.45) is 0 Å². The van der Waals surface area contributed by atoms with Crippen LogP contribution in [0.25, 0.3) is 46.4 Å². The zero-order valence-corrected chi connectivity index (χ0v) is 20.1. The topological polar surface area (TPSA) is 101 Å². The number of nitro groups is 1. The van der Waals surface area contributed by atoms with Gasteiger partial charge in [-0.05, 0) is 72.8 Å². The Morgan fingerprint density at radius 1 is 0.657 bits per heavy atom. The average molecular weight is 523 g/mol. The number of hydrogen-bond donors (Lipinski definition) is 2. The van der Waals surface area contributed by atoms with E-state index in [1.165, 1.54) is 6.07 Å². The summed E-state index contributed by atoms with van der Waals surface area (Å²) in [5.74, 6) is 0. The maximum atomic E-state index is 10.2. The molecule has 3 aromatic heterocycles. The Morgan fingerprint density at radius 2 is 1.03 bits per heavy atom. The molecule has 0 aliphatic carbocycles. The number of aromatic amines is 2. The van der Waals surface area contributed by atoms with Crippen LogP contribution in [-0.4, -0.2) is 24.9 Å². The fourth-order valence-corrected chi connectivity index (χ4v) is 3.86. The normalized spacial score (nSPS) is 11.3. The van der Waals surface area contributed by atoms with Gasteiger partial charge in [-0.15, -0.1) is 0 Å². The van der Waals surface area contributed by atoms with E-state index >= 15 is 0 Å². The van der Waals surface area contributed by atoms with Gasteiger partial charge < -0.3 is 22.4 Å². The minimum atomic E-state index is -0.427. The summed E-state index contributed by atoms with van der Waals surface area (Å²) in [4.78, 5) is 25.8. The number of H-pyrrole nitrogens is 2. The molecule has 8 bridgehead atoms. The second kappa shape index (κ2) is 10.5. The van der Waals surface area contributed by atoms with Crippen molar-refractivity contribution in [3.63, 3.8) is 0 Å². The summed E-state index contributed by atoms with van der Waals surface area (Å²) in [6, 6.07) is 22.8. The number of para-hydroxylation sites is 1. The summed E-state index contributed by atoms with van der Waals surface area (Å²) in [5, 5.41) is 10.2. The van der Waals surface area contributed by atoms with E-state index in [1.54, 1.807) is 18.2 Å². The van der Waals surface area contributed by atoms with Gasteiger partial charge in [-0.25, -0.2) is 9.97 Å². The molecule has 0 fully saturated rings. The van der Waals surface area contributed by atoms with Crippen LogP contribution in [0.2, 0.25) is 0 Å². The molecule has 0 saturated carbocycles. The third-order valence-corrected chi connectivity index (χ3v) is 5.59. The van der Waals surface area contributed by atoms with Gasteiger partial charge in [-0.2, -0.15) is 0 Å². The number of rotatable bonds is 1. The molecule has 0 amide bonds. The smallest absolute Gasteiger partial charge is 1.00 e. The molecule has 2 aliphatic rings. The van der Waals surface area contributed by atoms with E-state index in [-0.39, 0.29) is 18.1 Å². The van der Waals surface area contributed by atoms with Crippen molar-refractivity contribution < 1.29 is 33.3 Å². The van der Waals surface area contributed by atoms with Crippen molar-refractivity contribution in [1.82, 2.24) is 19.9 Å². The van der Waals surface area contributed by atoms with Crippen LogP contribution < -0.4 is 16.9 Å². The molecule has 4 aromatic rings. The van der Waals surface area contributed by atoms with Crippen LogP contribution in [0.3, 0.4) is 0 Å². The first-order valence-corrected chi connectivity index (χ1v) is 11.0. The van der Waals surface area contributed by atoms with Gasteiger partial charge in [0.15, 0.2) is 0 Å². The van der Waals surface area contributed by atoms with E-state index in [9.17, 15) is 10.1 Å². The van der Waals surface area contributed by atoms with Crippen LogP contribution in [-0.2, 0) is 16.0 Å². The van der Waals surface area contributed by atoms with Gasteiger partial charge >= 0.3 is 65.5 Å². The van der Waals surface area contributed by atoms with Crippen molar-refractivity contribution >= 4 is 56.5 Å². The molecule has 9 heteroatoms. The molecule has 0 saturated heterocycles. The third kappa shape index (κ3) is 5.94. The summed E-state index contributed by atoms with van der Waals surface area (Å²) in [6.07, 6.45) is 8.09. The Hall–Kier alpha value is -3.97. The largest absolute Gasteiger partial charge is 1.00 e. The molecule has 0 spiro atoms. The maximum absolute atomic E-state index is 10.2. The third-order valence-electron chi connectivity index (χ3n) is 5.09. The van der Waals surface area contributed by atoms with Gasteiger partial charge in [0.25, 0.3) is 0 Å². The predicted octanol–water partition coefficient (Wildman–Crippen LogP) is 2.43. The second-order valence-electron chi connectivity index (χ2n) is 7.61. The molecule has 7 nitrogen and oxygen atoms in total. The second-order valence-corrected chi connectivity index (χ2v) is 8.25. The Bertz CT molecular complexity index is 1450. The van der Waals surface area contributed by atoms with Gasteiger partial charge in [-0.1, -0.05) is 0 Å². The fraction of sp³-hybridized carbons (Fsp3) is 0. The van der Waals surface area contributed by atoms with E-state index in [2.05, 4.69) is 60.2 Å². The van der Waals surface area contributed by atoms with Gasteiger partial charge in [0.1, 0.15) is 0 Å². The van der Waals surface area contributed by atoms with Crippen LogP contribution in [0.4, 0.5) is 5.69 Å². The molecule has 0 radical (unpaired) electrons. The van der Waals surface area contributed by atoms with Crippen LogP contribution in [0, 0.1) is 10.1 Å². The van der Waals surface area contributed by atoms with E-state index in [0.29, 0.717) is 4.46 Å². The number of nitrogens with one attached hydrogen (secondary N) is 2. The summed E-state index contributed by atoms with van der Waals surface area (Å²) >= 11 is 3.06. The number of benzene rings is 1. The molecule has 5 heterocycles. The first-order chi connectivity index (χ1) is 16.5. The SMILES string of the molecule is C1=Cc2cc3ccc(cc4nc(cc5ccc(cc1n2)[nH]5)C=C4)[nH]3.O=[N+]([O-])c1cccc[c]1[Mn+].[Cl-]. The number of halogens is 1. The van der Waals surface area contributed by atoms with Crippen LogP contribution in [0.5, 0.6) is 0 Å². The summed E-state index contributed by atoms with van der Waals surface area (Å²) in [7, 11) is 0. The first kappa shape index (κ1) is 24.2. The predicted molar refractivity (Wildman–Crippen MR) is 132 cm³/mol. The van der Waals surface area contributed by atoms with E-state index < -0.39 is 4.92 Å². The van der Waals surface area contributed by atoms with Crippen LogP contribution in [0.15, 0.2) is 72.8 Å². The molecular formula is C26H18ClMnN5O2. The average Bonchev–Trinajstić information content (AvgIpc) is 3.60. The molecule has 35 heavy (non-hydrogen) atoms. The minimum Gasteiger partial charge on any atom is -1.00 e. The summed E-state index contributed by atoms with van der Waals surface area (Å²) in [6.45, 7) is 0. The Kier molecular flexibility index (Phi) is 7.27. The van der Waals surface area contributed by atoms with Gasteiger partial charge in [-0.3, -0.25) is 0 Å². The number of nitro benzene ring substituents is 1. The number of nitrogens with zero attached hydrogens (tertiary/aromatic N) is 3. The van der Waals surface area contributed by atoms with E-state index in [4.69, 9.17) is 0 Å². The molecule has 0 atom stereocenters. The standard InChI is InChI=1S/C20H14N4.C6H4NO2.ClH.Mn/c1-2-14-10-16-5-6-18(23-16)12-20-8-7-19(24-20)11-17-4-3-15(22-17)9-13(1)21-14;8-7(9)6-4-2-1-3-5-6;;/h1-12,21,24H;1-4H;1H;/q;;;+1/p-1. The van der Waals surface area contributed by atoms with Crippen LogP contribution >= 0.6 is 0 Å². The minimum absolute atomic E-state index is 0. The van der Waals surface area contributed by atoms with Crippen molar-refractivity contribution in [1.29, 1.82) is 0 Å². The zero-order valence-electron chi connectivity index (χ0n) is 18.2. The van der Waals surface area contributed by atoms with Crippen molar-refractivity contribution in [2.75, 3.05) is 0 Å². The summed E-state index contributed by atoms with van der Waals surface area (Å²) in [5.41, 5.74) is 7.96. The molecule has 6 rings (SSSR count). The molecule has 173 valence electrons. The van der Waals surface area contributed by atoms with E-state index in [1.807, 2.05) is 48.6 Å². The number of aromatic nitrogens is 4. The Balaban J connectivity index is 0.000000224. The molecule has 1 aromatic carbocycles. The van der Waals surface area contributed by atoms with Crippen LogP contribution in [0.1, 0.15) is 22.8 Å². The van der Waals surface area contributed by atoms with Gasteiger partial charge in [0, 0.05) is 22.1 Å². The number of hydrogen-bond acceptors (Lipinski definition) is 4. The molecule has 0 unspecified atom stereocenters. The monoisotopic (exact) mass is 522 g/mol. The fourth-order valence-electron chi connectivity index (χ4n) is 3.54. The first-order valence-electron chi connectivity index (χ1n) is 10.5. The maximum Gasteiger partial charge on any atom is -1.00 e. The zero-order chi connectivity index (χ0) is 23.5. The Morgan fingerprint density at radius 3 is 1.34 bits per heavy atom. The Labute approximate surface area is 215 Å². The van der Waals surface area contributed by atoms with Gasteiger partial charge in [0.05, 0.1) is 22.8 Å². The quantitative estimate of drug-likeness (QED) is 0.197. The molecular weight excluding hydrogens is 505 g/mol. The van der Waals surface area contributed by atoms with E-state index in [0.717, 1.165) is 44.8 Å².